The largest absolute Gasteiger partial charge is 0.481 e. The van der Waals surface area contributed by atoms with Gasteiger partial charge >= 0.3 is 18.0 Å². The van der Waals surface area contributed by atoms with E-state index in [1.165, 1.54) is 11.3 Å². The van der Waals surface area contributed by atoms with E-state index >= 15 is 0 Å². The predicted octanol–water partition coefficient (Wildman–Crippen LogP) is 0.179. The van der Waals surface area contributed by atoms with Crippen LogP contribution in [0.3, 0.4) is 0 Å². The highest BCUT2D eigenvalue weighted by Crippen LogP contribution is 2.07. The van der Waals surface area contributed by atoms with E-state index in [4.69, 9.17) is 10.2 Å². The summed E-state index contributed by atoms with van der Waals surface area (Å²) in [4.78, 5) is 36.7. The number of aromatic nitrogens is 1. The highest BCUT2D eigenvalue weighted by molar-refractivity contribution is 7.09. The number of urea groups is 1. The molecule has 1 heterocycles. The Bertz CT molecular complexity index is 487. The molecule has 0 unspecified atom stereocenters. The maximum absolute atomic E-state index is 11.4. The van der Waals surface area contributed by atoms with Crippen molar-refractivity contribution in [1.82, 2.24) is 15.6 Å². The zero-order valence-electron chi connectivity index (χ0n) is 10.0. The van der Waals surface area contributed by atoms with E-state index in [1.54, 1.807) is 0 Å². The first-order valence-corrected chi connectivity index (χ1v) is 6.16. The summed E-state index contributed by atoms with van der Waals surface area (Å²) in [6.07, 6.45) is -0.681. The first-order valence-electron chi connectivity index (χ1n) is 5.28. The van der Waals surface area contributed by atoms with Crippen LogP contribution in [0.5, 0.6) is 0 Å². The molecule has 1 atom stereocenters. The fraction of sp³-hybridized carbons (Fsp3) is 0.400. The summed E-state index contributed by atoms with van der Waals surface area (Å²) in [6, 6.07) is -2.21. The summed E-state index contributed by atoms with van der Waals surface area (Å²) in [7, 11) is 0. The van der Waals surface area contributed by atoms with Crippen molar-refractivity contribution in [2.24, 2.45) is 0 Å². The quantitative estimate of drug-likeness (QED) is 0.590. The molecule has 0 aliphatic rings. The van der Waals surface area contributed by atoms with Gasteiger partial charge in [0.25, 0.3) is 0 Å². The number of nitrogens with zero attached hydrogens (tertiary/aromatic N) is 1. The van der Waals surface area contributed by atoms with E-state index in [0.29, 0.717) is 5.01 Å². The Hall–Kier alpha value is -2.16. The van der Waals surface area contributed by atoms with E-state index in [1.807, 2.05) is 12.3 Å². The van der Waals surface area contributed by atoms with Crippen molar-refractivity contribution in [3.63, 3.8) is 0 Å². The highest BCUT2D eigenvalue weighted by Gasteiger charge is 2.22. The topological polar surface area (TPSA) is 129 Å². The van der Waals surface area contributed by atoms with Crippen LogP contribution in [-0.4, -0.2) is 39.2 Å². The molecule has 0 aromatic carbocycles. The van der Waals surface area contributed by atoms with Gasteiger partial charge in [-0.25, -0.2) is 14.6 Å². The molecule has 104 valence electrons. The summed E-state index contributed by atoms with van der Waals surface area (Å²) < 4.78 is 0. The number of carboxylic acids is 2. The van der Waals surface area contributed by atoms with Crippen LogP contribution in [0.25, 0.3) is 0 Å². The third kappa shape index (κ3) is 5.34. The summed E-state index contributed by atoms with van der Waals surface area (Å²) >= 11 is 1.36. The van der Waals surface area contributed by atoms with Gasteiger partial charge in [0.15, 0.2) is 0 Å². The number of aliphatic carboxylic acids is 2. The van der Waals surface area contributed by atoms with Crippen molar-refractivity contribution >= 4 is 29.3 Å². The lowest BCUT2D eigenvalue weighted by Crippen LogP contribution is -2.46. The molecule has 8 nitrogen and oxygen atoms in total. The molecule has 0 saturated carbocycles. The van der Waals surface area contributed by atoms with Crippen LogP contribution in [-0.2, 0) is 16.1 Å². The number of carbonyl (C=O) groups is 3. The van der Waals surface area contributed by atoms with Crippen LogP contribution in [0.1, 0.15) is 17.1 Å². The number of amides is 2. The molecule has 0 saturated heterocycles. The van der Waals surface area contributed by atoms with Crippen LogP contribution in [0.4, 0.5) is 4.79 Å². The average Bonchev–Trinajstić information content (AvgIpc) is 2.71. The van der Waals surface area contributed by atoms with Gasteiger partial charge in [0.2, 0.25) is 0 Å². The molecule has 4 N–H and O–H groups in total. The molecule has 1 aromatic heterocycles. The van der Waals surface area contributed by atoms with E-state index < -0.39 is 30.4 Å². The Labute approximate surface area is 112 Å². The number of hydrogen-bond donors (Lipinski definition) is 4. The Kier molecular flexibility index (Phi) is 5.24. The summed E-state index contributed by atoms with van der Waals surface area (Å²) in [6.45, 7) is 1.97. The van der Waals surface area contributed by atoms with Crippen molar-refractivity contribution in [2.45, 2.75) is 25.9 Å². The Morgan fingerprint density at radius 2 is 2.11 bits per heavy atom. The molecule has 1 aromatic rings. The summed E-state index contributed by atoms with van der Waals surface area (Å²) in [5, 5.41) is 24.2. The smallest absolute Gasteiger partial charge is 0.326 e. The number of carbonyl (C=O) groups excluding carboxylic acids is 1. The standard InChI is InChI=1S/C10H13N3O5S/c1-5-4-19-7(12-5)3-11-10(18)13-6(9(16)17)2-8(14)15/h4,6H,2-3H2,1H3,(H,14,15)(H,16,17)(H2,11,13,18)/t6-/m0/s1. The molecule has 9 heteroatoms. The maximum Gasteiger partial charge on any atom is 0.326 e. The zero-order chi connectivity index (χ0) is 14.4. The van der Waals surface area contributed by atoms with Gasteiger partial charge in [-0.2, -0.15) is 0 Å². The van der Waals surface area contributed by atoms with Crippen LogP contribution in [0.15, 0.2) is 5.38 Å². The second-order valence-corrected chi connectivity index (χ2v) is 4.64. The monoisotopic (exact) mass is 287 g/mol. The van der Waals surface area contributed by atoms with E-state index in [2.05, 4.69) is 15.6 Å². The molecule has 19 heavy (non-hydrogen) atoms. The third-order valence-electron chi connectivity index (χ3n) is 2.05. The van der Waals surface area contributed by atoms with Gasteiger partial charge in [-0.05, 0) is 6.92 Å². The van der Waals surface area contributed by atoms with Gasteiger partial charge in [-0.1, -0.05) is 0 Å². The predicted molar refractivity (Wildman–Crippen MR) is 65.9 cm³/mol. The van der Waals surface area contributed by atoms with Gasteiger partial charge < -0.3 is 20.8 Å². The van der Waals surface area contributed by atoms with E-state index in [9.17, 15) is 14.4 Å². The summed E-state index contributed by atoms with van der Waals surface area (Å²) in [5.74, 6) is -2.70. The molecule has 0 radical (unpaired) electrons. The van der Waals surface area contributed by atoms with Crippen molar-refractivity contribution in [1.29, 1.82) is 0 Å². The number of nitrogens with one attached hydrogen (secondary N) is 2. The van der Waals surface area contributed by atoms with Crippen molar-refractivity contribution in [3.8, 4) is 0 Å². The number of carboxylic acid groups (broad SMARTS) is 2. The van der Waals surface area contributed by atoms with Gasteiger partial charge in [0, 0.05) is 11.1 Å². The van der Waals surface area contributed by atoms with E-state index in [0.717, 1.165) is 5.69 Å². The minimum Gasteiger partial charge on any atom is -0.481 e. The lowest BCUT2D eigenvalue weighted by atomic mass is 10.2. The zero-order valence-corrected chi connectivity index (χ0v) is 10.9. The fourth-order valence-corrected chi connectivity index (χ4v) is 1.94. The van der Waals surface area contributed by atoms with Crippen LogP contribution >= 0.6 is 11.3 Å². The lowest BCUT2D eigenvalue weighted by Gasteiger charge is -2.12. The Morgan fingerprint density at radius 1 is 1.42 bits per heavy atom. The minimum absolute atomic E-state index is 0.156. The average molecular weight is 287 g/mol. The molecule has 2 amide bonds. The van der Waals surface area contributed by atoms with Crippen LogP contribution in [0, 0.1) is 6.92 Å². The summed E-state index contributed by atoms with van der Waals surface area (Å²) in [5.41, 5.74) is 0.830. The van der Waals surface area contributed by atoms with Gasteiger partial charge in [-0.15, -0.1) is 11.3 Å². The van der Waals surface area contributed by atoms with Gasteiger partial charge in [0.1, 0.15) is 11.0 Å². The SMILES string of the molecule is Cc1csc(CNC(=O)N[C@@H](CC(=O)O)C(=O)O)n1. The van der Waals surface area contributed by atoms with Gasteiger partial charge in [0.05, 0.1) is 13.0 Å². The second kappa shape index (κ2) is 6.69. The Morgan fingerprint density at radius 3 is 2.58 bits per heavy atom. The van der Waals surface area contributed by atoms with Crippen molar-refractivity contribution in [3.05, 3.63) is 16.1 Å². The second-order valence-electron chi connectivity index (χ2n) is 3.70. The molecular weight excluding hydrogens is 274 g/mol. The van der Waals surface area contributed by atoms with Crippen LogP contribution < -0.4 is 10.6 Å². The molecular formula is C10H13N3O5S. The number of rotatable bonds is 6. The molecule has 0 bridgehead atoms. The number of thiazole rings is 1. The molecule has 0 aliphatic heterocycles. The molecule has 0 fully saturated rings. The third-order valence-corrected chi connectivity index (χ3v) is 3.02. The number of aryl methyl sites for hydroxylation is 1. The number of hydrogen-bond acceptors (Lipinski definition) is 5. The van der Waals surface area contributed by atoms with Crippen molar-refractivity contribution in [2.75, 3.05) is 0 Å². The van der Waals surface area contributed by atoms with Crippen molar-refractivity contribution < 1.29 is 24.6 Å². The van der Waals surface area contributed by atoms with Gasteiger partial charge in [-0.3, -0.25) is 4.79 Å². The molecule has 1 rings (SSSR count). The minimum atomic E-state index is -1.46. The fourth-order valence-electron chi connectivity index (χ4n) is 1.22. The van der Waals surface area contributed by atoms with Crippen LogP contribution in [0.2, 0.25) is 0 Å². The maximum atomic E-state index is 11.4. The Balaban J connectivity index is 2.44. The first kappa shape index (κ1) is 14.9. The lowest BCUT2D eigenvalue weighted by molar-refractivity contribution is -0.145. The molecule has 0 aliphatic carbocycles. The van der Waals surface area contributed by atoms with E-state index in [-0.39, 0.29) is 6.54 Å². The first-order chi connectivity index (χ1) is 8.88. The molecule has 0 spiro atoms. The highest BCUT2D eigenvalue weighted by atomic mass is 32.1. The normalized spacial score (nSPS) is 11.6.